The highest BCUT2D eigenvalue weighted by molar-refractivity contribution is 6.35. The third-order valence-corrected chi connectivity index (χ3v) is 5.19. The van der Waals surface area contributed by atoms with Gasteiger partial charge in [0.1, 0.15) is 5.54 Å². The van der Waals surface area contributed by atoms with Crippen LogP contribution in [0, 0.1) is 0 Å². The average Bonchev–Trinajstić information content (AvgIpc) is 2.76. The molecule has 0 saturated carbocycles. The van der Waals surface area contributed by atoms with Gasteiger partial charge < -0.3 is 4.90 Å². The van der Waals surface area contributed by atoms with Gasteiger partial charge in [-0.2, -0.15) is 0 Å². The van der Waals surface area contributed by atoms with Crippen molar-refractivity contribution in [2.24, 2.45) is 0 Å². The van der Waals surface area contributed by atoms with E-state index in [1.165, 1.54) is 9.80 Å². The highest BCUT2D eigenvalue weighted by Gasteiger charge is 2.55. The van der Waals surface area contributed by atoms with E-state index in [0.717, 1.165) is 5.56 Å². The van der Waals surface area contributed by atoms with Crippen LogP contribution in [0.2, 0.25) is 10.0 Å². The lowest BCUT2D eigenvalue weighted by molar-refractivity contribution is -0.124. The van der Waals surface area contributed by atoms with E-state index in [-0.39, 0.29) is 11.9 Å². The number of amides is 3. The van der Waals surface area contributed by atoms with Gasteiger partial charge in [0.2, 0.25) is 0 Å². The van der Waals surface area contributed by atoms with Crippen LogP contribution in [0.1, 0.15) is 18.9 Å². The number of halogens is 2. The minimum Gasteiger partial charge on any atom is -0.312 e. The summed E-state index contributed by atoms with van der Waals surface area (Å²) in [6, 6.07) is 14.0. The number of rotatable bonds is 4. The van der Waals surface area contributed by atoms with E-state index in [9.17, 15) is 9.59 Å². The van der Waals surface area contributed by atoms with Crippen LogP contribution in [0.3, 0.4) is 0 Å². The number of carbonyl (C=O) groups excluding carboxylic acids is 2. The second-order valence-corrected chi connectivity index (χ2v) is 7.03. The molecule has 4 nitrogen and oxygen atoms in total. The maximum Gasteiger partial charge on any atom is 0.332 e. The van der Waals surface area contributed by atoms with Crippen LogP contribution >= 0.6 is 23.2 Å². The van der Waals surface area contributed by atoms with E-state index in [1.807, 2.05) is 37.3 Å². The number of hydrogen-bond acceptors (Lipinski definition) is 2. The van der Waals surface area contributed by atoms with Crippen molar-refractivity contribution in [3.63, 3.8) is 0 Å². The van der Waals surface area contributed by atoms with Gasteiger partial charge in [-0.25, -0.2) is 9.69 Å². The first-order valence-electron chi connectivity index (χ1n) is 8.01. The largest absolute Gasteiger partial charge is 0.332 e. The molecule has 1 unspecified atom stereocenters. The number of likely N-dealkylation sites (N-methyl/N-ethyl adjacent to an activating group) is 1. The molecule has 3 rings (SSSR count). The Morgan fingerprint density at radius 3 is 2.16 bits per heavy atom. The first-order chi connectivity index (χ1) is 11.9. The molecule has 1 aliphatic heterocycles. The smallest absolute Gasteiger partial charge is 0.312 e. The van der Waals surface area contributed by atoms with Gasteiger partial charge >= 0.3 is 6.03 Å². The maximum atomic E-state index is 13.3. The molecule has 1 heterocycles. The molecule has 2 aromatic carbocycles. The number of imide groups is 1. The van der Waals surface area contributed by atoms with Crippen molar-refractivity contribution in [3.8, 4) is 0 Å². The molecule has 1 fully saturated rings. The van der Waals surface area contributed by atoms with Crippen molar-refractivity contribution < 1.29 is 9.59 Å². The fourth-order valence-electron chi connectivity index (χ4n) is 3.31. The van der Waals surface area contributed by atoms with Gasteiger partial charge in [-0.15, -0.1) is 0 Å². The van der Waals surface area contributed by atoms with Crippen molar-refractivity contribution in [2.75, 3.05) is 11.9 Å². The number of urea groups is 1. The van der Waals surface area contributed by atoms with E-state index < -0.39 is 5.54 Å². The standard InChI is InChI=1S/C19H18Cl2N2O2/c1-3-19(12-13-7-5-4-6-8-13)17(24)23(18(25)22(19)2)16-10-14(20)9-15(21)11-16/h4-11H,3,12H2,1-2H3. The molecule has 6 heteroatoms. The molecule has 0 radical (unpaired) electrons. The Bertz CT molecular complexity index is 805. The Balaban J connectivity index is 2.04. The monoisotopic (exact) mass is 376 g/mol. The molecule has 0 bridgehead atoms. The molecule has 0 N–H and O–H groups in total. The van der Waals surface area contributed by atoms with Gasteiger partial charge in [-0.05, 0) is 30.2 Å². The van der Waals surface area contributed by atoms with Crippen LogP contribution in [0.15, 0.2) is 48.5 Å². The molecule has 1 saturated heterocycles. The zero-order valence-electron chi connectivity index (χ0n) is 14.0. The van der Waals surface area contributed by atoms with Crippen molar-refractivity contribution >= 4 is 40.8 Å². The predicted octanol–water partition coefficient (Wildman–Crippen LogP) is 4.78. The van der Waals surface area contributed by atoms with Crippen molar-refractivity contribution in [1.82, 2.24) is 4.90 Å². The maximum absolute atomic E-state index is 13.3. The molecule has 0 spiro atoms. The SMILES string of the molecule is CCC1(Cc2ccccc2)C(=O)N(c2cc(Cl)cc(Cl)c2)C(=O)N1C. The van der Waals surface area contributed by atoms with Crippen molar-refractivity contribution in [1.29, 1.82) is 0 Å². The number of anilines is 1. The molecule has 3 amide bonds. The molecular weight excluding hydrogens is 359 g/mol. The van der Waals surface area contributed by atoms with Crippen LogP contribution in [0.4, 0.5) is 10.5 Å². The summed E-state index contributed by atoms with van der Waals surface area (Å²) in [6.45, 7) is 1.92. The molecule has 0 aromatic heterocycles. The number of benzene rings is 2. The van der Waals surface area contributed by atoms with Gasteiger partial charge in [0.15, 0.2) is 0 Å². The molecular formula is C19H18Cl2N2O2. The zero-order valence-corrected chi connectivity index (χ0v) is 15.5. The summed E-state index contributed by atoms with van der Waals surface area (Å²) in [6.07, 6.45) is 0.962. The van der Waals surface area contributed by atoms with Crippen molar-refractivity contribution in [3.05, 3.63) is 64.1 Å². The zero-order chi connectivity index (χ0) is 18.2. The summed E-state index contributed by atoms with van der Waals surface area (Å²) >= 11 is 12.1. The Hall–Kier alpha value is -2.04. The summed E-state index contributed by atoms with van der Waals surface area (Å²) in [5, 5.41) is 0.755. The second kappa shape index (κ2) is 6.70. The molecule has 25 heavy (non-hydrogen) atoms. The Kier molecular flexibility index (Phi) is 4.76. The van der Waals surface area contributed by atoms with Crippen LogP contribution in [0.25, 0.3) is 0 Å². The third kappa shape index (κ3) is 3.00. The second-order valence-electron chi connectivity index (χ2n) is 6.16. The van der Waals surface area contributed by atoms with Crippen LogP contribution in [0.5, 0.6) is 0 Å². The van der Waals surface area contributed by atoms with E-state index in [4.69, 9.17) is 23.2 Å². The van der Waals surface area contributed by atoms with Crippen LogP contribution in [-0.2, 0) is 11.2 Å². The lowest BCUT2D eigenvalue weighted by Crippen LogP contribution is -2.49. The first-order valence-corrected chi connectivity index (χ1v) is 8.77. The lowest BCUT2D eigenvalue weighted by Gasteiger charge is -2.31. The average molecular weight is 377 g/mol. The van der Waals surface area contributed by atoms with E-state index in [0.29, 0.717) is 28.6 Å². The number of carbonyl (C=O) groups is 2. The molecule has 1 aliphatic rings. The summed E-state index contributed by atoms with van der Waals surface area (Å²) < 4.78 is 0. The van der Waals surface area contributed by atoms with Crippen molar-refractivity contribution in [2.45, 2.75) is 25.3 Å². The fraction of sp³-hybridized carbons (Fsp3) is 0.263. The number of nitrogens with zero attached hydrogens (tertiary/aromatic N) is 2. The molecule has 0 aliphatic carbocycles. The van der Waals surface area contributed by atoms with Gasteiger partial charge in [0.25, 0.3) is 5.91 Å². The quantitative estimate of drug-likeness (QED) is 0.720. The van der Waals surface area contributed by atoms with E-state index in [1.54, 1.807) is 25.2 Å². The van der Waals surface area contributed by atoms with Gasteiger partial charge in [0.05, 0.1) is 5.69 Å². The van der Waals surface area contributed by atoms with Gasteiger partial charge in [0, 0.05) is 23.5 Å². The minimum absolute atomic E-state index is 0.260. The lowest BCUT2D eigenvalue weighted by atomic mass is 9.87. The Morgan fingerprint density at radius 1 is 1.00 bits per heavy atom. The molecule has 2 aromatic rings. The Labute approximate surface area is 156 Å². The molecule has 1 atom stereocenters. The highest BCUT2D eigenvalue weighted by Crippen LogP contribution is 2.37. The number of hydrogen-bond donors (Lipinski definition) is 0. The third-order valence-electron chi connectivity index (χ3n) is 4.75. The normalized spacial score (nSPS) is 20.5. The van der Waals surface area contributed by atoms with E-state index >= 15 is 0 Å². The summed E-state index contributed by atoms with van der Waals surface area (Å²) in [5.74, 6) is -0.260. The van der Waals surface area contributed by atoms with Crippen LogP contribution < -0.4 is 4.90 Å². The molecule has 130 valence electrons. The predicted molar refractivity (Wildman–Crippen MR) is 100 cm³/mol. The topological polar surface area (TPSA) is 40.6 Å². The minimum atomic E-state index is -0.923. The summed E-state index contributed by atoms with van der Waals surface area (Å²) in [4.78, 5) is 28.8. The van der Waals surface area contributed by atoms with Gasteiger partial charge in [-0.1, -0.05) is 60.5 Å². The van der Waals surface area contributed by atoms with Crippen LogP contribution in [-0.4, -0.2) is 29.4 Å². The summed E-state index contributed by atoms with van der Waals surface area (Å²) in [7, 11) is 1.67. The first kappa shape index (κ1) is 17.8. The highest BCUT2D eigenvalue weighted by atomic mass is 35.5. The Morgan fingerprint density at radius 2 is 1.60 bits per heavy atom. The van der Waals surface area contributed by atoms with E-state index in [2.05, 4.69) is 0 Å². The fourth-order valence-corrected chi connectivity index (χ4v) is 3.82. The van der Waals surface area contributed by atoms with Gasteiger partial charge in [-0.3, -0.25) is 4.79 Å². The summed E-state index contributed by atoms with van der Waals surface area (Å²) in [5.41, 5.74) is 0.471.